The van der Waals surface area contributed by atoms with Crippen LogP contribution in [0.4, 0.5) is 0 Å². The number of aliphatic hydroxyl groups is 6. The van der Waals surface area contributed by atoms with Gasteiger partial charge in [-0.25, -0.2) is 0 Å². The third-order valence-corrected chi connectivity index (χ3v) is 6.56. The zero-order valence-electron chi connectivity index (χ0n) is 20.1. The molecule has 2 saturated heterocycles. The van der Waals surface area contributed by atoms with Gasteiger partial charge in [0.15, 0.2) is 12.6 Å². The average molecular weight is 582 g/mol. The lowest BCUT2D eigenvalue weighted by molar-refractivity contribution is -0.318. The van der Waals surface area contributed by atoms with Crippen molar-refractivity contribution in [3.05, 3.63) is 0 Å². The molecule has 1 saturated carbocycles. The molecule has 15 atom stereocenters. The summed E-state index contributed by atoms with van der Waals surface area (Å²) in [6.07, 6.45) is -13.9. The van der Waals surface area contributed by atoms with Gasteiger partial charge in [0.05, 0.1) is 18.7 Å². The summed E-state index contributed by atoms with van der Waals surface area (Å²) in [6.45, 7) is -0.694. The van der Waals surface area contributed by atoms with E-state index in [1.807, 2.05) is 0 Å². The molecule has 19 nitrogen and oxygen atoms in total. The molecule has 0 aromatic heterocycles. The molecular formula is C18H39N5O14S. The Morgan fingerprint density at radius 3 is 1.66 bits per heavy atom. The summed E-state index contributed by atoms with van der Waals surface area (Å²) in [5.74, 6) is 0. The highest BCUT2D eigenvalue weighted by Crippen LogP contribution is 2.30. The second-order valence-electron chi connectivity index (χ2n) is 9.32. The third kappa shape index (κ3) is 8.15. The van der Waals surface area contributed by atoms with E-state index in [0.717, 1.165) is 0 Å². The Kier molecular flexibility index (Phi) is 12.1. The Bertz CT molecular complexity index is 784. The van der Waals surface area contributed by atoms with Crippen LogP contribution in [0.2, 0.25) is 0 Å². The summed E-state index contributed by atoms with van der Waals surface area (Å²) in [5.41, 5.74) is 29.6. The molecule has 1 aliphatic carbocycles. The highest BCUT2D eigenvalue weighted by molar-refractivity contribution is 7.79. The van der Waals surface area contributed by atoms with Crippen molar-refractivity contribution in [1.82, 2.24) is 0 Å². The molecule has 2 heterocycles. The molecule has 3 fully saturated rings. The Morgan fingerprint density at radius 2 is 1.18 bits per heavy atom. The molecule has 38 heavy (non-hydrogen) atoms. The molecule has 3 rings (SSSR count). The molecule has 3 aliphatic rings. The lowest BCUT2D eigenvalue weighted by Gasteiger charge is -2.48. The second-order valence-corrected chi connectivity index (χ2v) is 10.2. The monoisotopic (exact) mass is 581 g/mol. The number of nitrogens with two attached hydrogens (primary N) is 5. The van der Waals surface area contributed by atoms with Crippen LogP contribution in [0.15, 0.2) is 0 Å². The molecular weight excluding hydrogens is 542 g/mol. The van der Waals surface area contributed by atoms with E-state index in [4.69, 9.17) is 65.1 Å². The molecule has 0 aromatic carbocycles. The van der Waals surface area contributed by atoms with Crippen molar-refractivity contribution in [1.29, 1.82) is 0 Å². The van der Waals surface area contributed by atoms with Crippen molar-refractivity contribution in [3.63, 3.8) is 0 Å². The maximum absolute atomic E-state index is 11.0. The van der Waals surface area contributed by atoms with Crippen LogP contribution >= 0.6 is 0 Å². The topological polar surface area (TPSA) is 363 Å². The first-order chi connectivity index (χ1) is 17.5. The van der Waals surface area contributed by atoms with Gasteiger partial charge in [-0.3, -0.25) is 9.11 Å². The maximum Gasteiger partial charge on any atom is 0.394 e. The number of ether oxygens (including phenoxy) is 4. The van der Waals surface area contributed by atoms with Crippen molar-refractivity contribution in [3.8, 4) is 0 Å². The predicted octanol–water partition coefficient (Wildman–Crippen LogP) is -7.98. The van der Waals surface area contributed by atoms with Gasteiger partial charge in [-0.15, -0.1) is 0 Å². The van der Waals surface area contributed by atoms with Crippen LogP contribution in [0.3, 0.4) is 0 Å². The van der Waals surface area contributed by atoms with Crippen LogP contribution in [-0.2, 0) is 29.3 Å². The first-order valence-corrected chi connectivity index (χ1v) is 13.0. The molecule has 2 aliphatic heterocycles. The number of rotatable bonds is 6. The molecule has 20 heteroatoms. The third-order valence-electron chi connectivity index (χ3n) is 6.56. The Balaban J connectivity index is 0.000000926. The molecule has 1 unspecified atom stereocenters. The van der Waals surface area contributed by atoms with E-state index in [2.05, 4.69) is 0 Å². The smallest absolute Gasteiger partial charge is 0.394 e. The molecule has 0 amide bonds. The van der Waals surface area contributed by atoms with E-state index in [1.165, 1.54) is 0 Å². The van der Waals surface area contributed by atoms with Crippen LogP contribution < -0.4 is 28.7 Å². The highest BCUT2D eigenvalue weighted by Gasteiger charge is 2.51. The summed E-state index contributed by atoms with van der Waals surface area (Å²) in [5, 5.41) is 60.9. The van der Waals surface area contributed by atoms with Crippen LogP contribution in [0.1, 0.15) is 6.42 Å². The first kappa shape index (κ1) is 33.5. The van der Waals surface area contributed by atoms with E-state index in [9.17, 15) is 30.6 Å². The molecule has 0 aromatic rings. The summed E-state index contributed by atoms with van der Waals surface area (Å²) in [7, 11) is -4.67. The minimum Gasteiger partial charge on any atom is -0.394 e. The Labute approximate surface area is 217 Å². The minimum absolute atomic E-state index is 0.115. The SMILES string of the molecule is NC[C@H]1O[C@H](OC2[C@@H](N)C[C@@H](N)[C@H](O[C@H]3O[C@H](CO)[C@@H](O)[C@H](N)[C@H]3O)[C@H]2O)[C@H](N)[C@@H](O)[C@@H]1O.O=S(=O)(O)O. The quantitative estimate of drug-likeness (QED) is 0.129. The maximum atomic E-state index is 11.0. The largest absolute Gasteiger partial charge is 0.394 e. The van der Waals surface area contributed by atoms with Crippen molar-refractivity contribution >= 4 is 10.4 Å². The van der Waals surface area contributed by atoms with Gasteiger partial charge in [-0.05, 0) is 6.42 Å². The van der Waals surface area contributed by atoms with Gasteiger partial charge in [0.2, 0.25) is 0 Å². The van der Waals surface area contributed by atoms with Crippen molar-refractivity contribution in [2.45, 2.75) is 98.1 Å². The molecule has 226 valence electrons. The normalized spacial score (nSPS) is 48.2. The van der Waals surface area contributed by atoms with E-state index in [1.54, 1.807) is 0 Å². The second kappa shape index (κ2) is 13.8. The fourth-order valence-corrected chi connectivity index (χ4v) is 4.45. The van der Waals surface area contributed by atoms with Crippen LogP contribution in [0, 0.1) is 0 Å². The minimum atomic E-state index is -4.67. The molecule has 18 N–H and O–H groups in total. The standard InChI is InChI=1S/C18H37N5O10.H2O4S/c19-2-6-11(26)12(27)9(23)17(30-6)32-15-4(20)1-5(21)16(14(15)29)33-18-13(28)8(22)10(25)7(3-24)31-18;1-5(2,3)4/h4-18,24-29H,1-3,19-23H2;(H2,1,2,3,4)/t4-,5+,6+,7+,8-,9+,10+,11+,12+,13+,14-,15?,16-,17+,18+;/m0./s1. The van der Waals surface area contributed by atoms with Gasteiger partial charge in [0, 0.05) is 18.6 Å². The van der Waals surface area contributed by atoms with Gasteiger partial charge in [-0.2, -0.15) is 8.42 Å². The Morgan fingerprint density at radius 1 is 0.711 bits per heavy atom. The first-order valence-electron chi connectivity index (χ1n) is 11.6. The van der Waals surface area contributed by atoms with E-state index in [0.29, 0.717) is 0 Å². The van der Waals surface area contributed by atoms with Crippen molar-refractivity contribution < 1.29 is 67.1 Å². The molecule has 0 bridgehead atoms. The van der Waals surface area contributed by atoms with Crippen LogP contribution in [0.5, 0.6) is 0 Å². The summed E-state index contributed by atoms with van der Waals surface area (Å²) in [4.78, 5) is 0. The van der Waals surface area contributed by atoms with Gasteiger partial charge in [0.1, 0.15) is 54.9 Å². The fraction of sp³-hybridized carbons (Fsp3) is 1.00. The van der Waals surface area contributed by atoms with Crippen LogP contribution in [-0.4, -0.2) is 153 Å². The van der Waals surface area contributed by atoms with E-state index in [-0.39, 0.29) is 13.0 Å². The van der Waals surface area contributed by atoms with Crippen molar-refractivity contribution in [2.24, 2.45) is 28.7 Å². The summed E-state index contributed by atoms with van der Waals surface area (Å²) < 4.78 is 54.1. The van der Waals surface area contributed by atoms with Gasteiger partial charge in [0.25, 0.3) is 0 Å². The number of aliphatic hydroxyl groups excluding tert-OH is 6. The number of hydrogen-bond donors (Lipinski definition) is 13. The average Bonchev–Trinajstić information content (AvgIpc) is 2.83. The van der Waals surface area contributed by atoms with Gasteiger partial charge >= 0.3 is 10.4 Å². The number of hydrogen-bond acceptors (Lipinski definition) is 17. The van der Waals surface area contributed by atoms with Crippen molar-refractivity contribution in [2.75, 3.05) is 13.2 Å². The predicted molar refractivity (Wildman–Crippen MR) is 124 cm³/mol. The molecule has 0 spiro atoms. The van der Waals surface area contributed by atoms with Gasteiger partial charge < -0.3 is 78.3 Å². The fourth-order valence-electron chi connectivity index (χ4n) is 4.45. The Hall–Kier alpha value is -0.730. The highest BCUT2D eigenvalue weighted by atomic mass is 32.3. The molecule has 0 radical (unpaired) electrons. The lowest BCUT2D eigenvalue weighted by Crippen LogP contribution is -2.69. The zero-order valence-corrected chi connectivity index (χ0v) is 20.9. The zero-order chi connectivity index (χ0) is 29.1. The van der Waals surface area contributed by atoms with Gasteiger partial charge in [-0.1, -0.05) is 0 Å². The lowest BCUT2D eigenvalue weighted by atomic mass is 9.84. The summed E-state index contributed by atoms with van der Waals surface area (Å²) in [6, 6.07) is -3.92. The van der Waals surface area contributed by atoms with E-state index < -0.39 is 109 Å². The summed E-state index contributed by atoms with van der Waals surface area (Å²) >= 11 is 0. The van der Waals surface area contributed by atoms with E-state index >= 15 is 0 Å². The van der Waals surface area contributed by atoms with Crippen LogP contribution in [0.25, 0.3) is 0 Å².